The molecule has 92 valence electrons. The van der Waals surface area contributed by atoms with Gasteiger partial charge in [-0.25, -0.2) is 9.97 Å². The molecule has 2 aromatic heterocycles. The van der Waals surface area contributed by atoms with Gasteiger partial charge in [0, 0.05) is 0 Å². The number of hydrogen-bond donors (Lipinski definition) is 4. The Labute approximate surface area is 101 Å². The molecule has 0 spiro atoms. The van der Waals surface area contributed by atoms with Gasteiger partial charge in [-0.2, -0.15) is 0 Å². The zero-order valence-corrected chi connectivity index (χ0v) is 9.18. The van der Waals surface area contributed by atoms with Crippen LogP contribution in [0.5, 0.6) is 0 Å². The summed E-state index contributed by atoms with van der Waals surface area (Å²) in [6, 6.07) is -1.47. The zero-order valence-electron chi connectivity index (χ0n) is 9.18. The number of nitrogens with zero attached hydrogens (tertiary/aromatic N) is 2. The van der Waals surface area contributed by atoms with Crippen LogP contribution in [0.3, 0.4) is 0 Å². The van der Waals surface area contributed by atoms with Crippen LogP contribution in [0.15, 0.2) is 25.0 Å². The van der Waals surface area contributed by atoms with Gasteiger partial charge in [0.15, 0.2) is 0 Å². The van der Waals surface area contributed by atoms with E-state index in [0.29, 0.717) is 11.4 Å². The smallest absolute Gasteiger partial charge is 0.249 e. The maximum Gasteiger partial charge on any atom is 0.249 e. The van der Waals surface area contributed by atoms with Crippen LogP contribution in [-0.4, -0.2) is 31.8 Å². The first-order valence-corrected chi connectivity index (χ1v) is 5.33. The fraction of sp³-hybridized carbons (Fsp3) is 0.200. The number of H-pyrrole nitrogens is 2. The minimum absolute atomic E-state index is 0.293. The highest BCUT2D eigenvalue weighted by Crippen LogP contribution is 2.20. The van der Waals surface area contributed by atoms with Crippen LogP contribution in [0.1, 0.15) is 23.5 Å². The van der Waals surface area contributed by atoms with Crippen LogP contribution in [-0.2, 0) is 9.59 Å². The van der Waals surface area contributed by atoms with E-state index in [0.717, 1.165) is 0 Å². The summed E-state index contributed by atoms with van der Waals surface area (Å²) >= 11 is 0. The Bertz CT molecular complexity index is 509. The average molecular weight is 246 g/mol. The quantitative estimate of drug-likeness (QED) is 0.553. The molecule has 1 aliphatic heterocycles. The zero-order chi connectivity index (χ0) is 12.5. The van der Waals surface area contributed by atoms with E-state index in [2.05, 4.69) is 30.6 Å². The van der Waals surface area contributed by atoms with E-state index in [1.165, 1.54) is 25.0 Å². The Morgan fingerprint density at radius 1 is 0.833 bits per heavy atom. The van der Waals surface area contributed by atoms with Gasteiger partial charge in [-0.15, -0.1) is 0 Å². The molecule has 18 heavy (non-hydrogen) atoms. The number of piperazine rings is 1. The van der Waals surface area contributed by atoms with Crippen molar-refractivity contribution in [1.82, 2.24) is 30.6 Å². The molecule has 4 N–H and O–H groups in total. The third kappa shape index (κ3) is 1.63. The van der Waals surface area contributed by atoms with Gasteiger partial charge in [0.1, 0.15) is 12.1 Å². The van der Waals surface area contributed by atoms with Gasteiger partial charge in [0.2, 0.25) is 11.8 Å². The number of aromatic nitrogens is 4. The van der Waals surface area contributed by atoms with Gasteiger partial charge < -0.3 is 20.6 Å². The summed E-state index contributed by atoms with van der Waals surface area (Å²) in [5, 5.41) is 5.27. The predicted octanol–water partition coefficient (Wildman–Crippen LogP) is -0.839. The molecule has 0 saturated carbocycles. The number of aromatic amines is 2. The molecule has 1 saturated heterocycles. The van der Waals surface area contributed by atoms with E-state index in [1.54, 1.807) is 0 Å². The molecule has 0 aromatic carbocycles. The summed E-state index contributed by atoms with van der Waals surface area (Å²) in [6.07, 6.45) is 5.91. The SMILES string of the molecule is O=C1NC(c2cnc[nH]2)C(=O)NC1c1cnc[nH]1. The molecular weight excluding hydrogens is 236 g/mol. The third-order valence-corrected chi connectivity index (χ3v) is 2.76. The Balaban J connectivity index is 1.84. The van der Waals surface area contributed by atoms with Crippen molar-refractivity contribution in [2.75, 3.05) is 0 Å². The number of amides is 2. The highest BCUT2D eigenvalue weighted by Gasteiger charge is 2.36. The van der Waals surface area contributed by atoms with Crippen LogP contribution < -0.4 is 10.6 Å². The van der Waals surface area contributed by atoms with Crippen molar-refractivity contribution in [3.8, 4) is 0 Å². The molecule has 3 rings (SSSR count). The lowest BCUT2D eigenvalue weighted by atomic mass is 10.1. The Kier molecular flexibility index (Phi) is 2.33. The number of carbonyl (C=O) groups is 2. The van der Waals surface area contributed by atoms with Gasteiger partial charge in [-0.3, -0.25) is 9.59 Å². The normalized spacial score (nSPS) is 23.6. The van der Waals surface area contributed by atoms with Crippen molar-refractivity contribution in [2.45, 2.75) is 12.1 Å². The summed E-state index contributed by atoms with van der Waals surface area (Å²) in [7, 11) is 0. The van der Waals surface area contributed by atoms with Crippen LogP contribution in [0, 0.1) is 0 Å². The van der Waals surface area contributed by atoms with Crippen molar-refractivity contribution in [3.63, 3.8) is 0 Å². The number of nitrogens with one attached hydrogen (secondary N) is 4. The number of carbonyl (C=O) groups excluding carboxylic acids is 2. The van der Waals surface area contributed by atoms with Crippen molar-refractivity contribution in [1.29, 1.82) is 0 Å². The topological polar surface area (TPSA) is 116 Å². The van der Waals surface area contributed by atoms with Gasteiger partial charge in [-0.1, -0.05) is 0 Å². The second-order valence-electron chi connectivity index (χ2n) is 3.90. The maximum absolute atomic E-state index is 11.9. The second kappa shape index (κ2) is 3.99. The van der Waals surface area contributed by atoms with E-state index in [4.69, 9.17) is 0 Å². The molecule has 8 heteroatoms. The van der Waals surface area contributed by atoms with Crippen molar-refractivity contribution < 1.29 is 9.59 Å². The highest BCUT2D eigenvalue weighted by atomic mass is 16.2. The summed E-state index contributed by atoms with van der Waals surface area (Å²) in [6.45, 7) is 0. The average Bonchev–Trinajstić information content (AvgIpc) is 3.02. The number of imidazole rings is 2. The first kappa shape index (κ1) is 10.5. The molecule has 3 heterocycles. The van der Waals surface area contributed by atoms with Crippen LogP contribution >= 0.6 is 0 Å². The minimum atomic E-state index is -0.737. The van der Waals surface area contributed by atoms with Crippen molar-refractivity contribution in [3.05, 3.63) is 36.4 Å². The van der Waals surface area contributed by atoms with E-state index < -0.39 is 12.1 Å². The lowest BCUT2D eigenvalue weighted by Crippen LogP contribution is -2.53. The molecule has 0 bridgehead atoms. The van der Waals surface area contributed by atoms with E-state index >= 15 is 0 Å². The van der Waals surface area contributed by atoms with Crippen LogP contribution in [0.2, 0.25) is 0 Å². The lowest BCUT2D eigenvalue weighted by molar-refractivity contribution is -0.137. The number of hydrogen-bond acceptors (Lipinski definition) is 4. The Hall–Kier alpha value is -2.64. The van der Waals surface area contributed by atoms with Gasteiger partial charge in [-0.05, 0) is 0 Å². The Morgan fingerprint density at radius 3 is 1.61 bits per heavy atom. The molecule has 2 atom stereocenters. The molecule has 0 aliphatic carbocycles. The van der Waals surface area contributed by atoms with Crippen molar-refractivity contribution in [2.24, 2.45) is 0 Å². The summed E-state index contributed by atoms with van der Waals surface area (Å²) in [4.78, 5) is 37.1. The number of rotatable bonds is 2. The summed E-state index contributed by atoms with van der Waals surface area (Å²) in [5.74, 6) is -0.586. The molecule has 2 amide bonds. The van der Waals surface area contributed by atoms with E-state index in [9.17, 15) is 9.59 Å². The molecule has 2 aromatic rings. The monoisotopic (exact) mass is 246 g/mol. The van der Waals surface area contributed by atoms with Gasteiger partial charge in [0.05, 0.1) is 36.4 Å². The summed E-state index contributed by atoms with van der Waals surface area (Å²) < 4.78 is 0. The largest absolute Gasteiger partial charge is 0.346 e. The standard InChI is InChI=1S/C10H10N6O2/c17-9-7(5-1-11-3-13-5)15-10(18)8(16-9)6-2-12-4-14-6/h1-4,7-8H,(H,11,13)(H,12,14)(H,15,18)(H,16,17). The van der Waals surface area contributed by atoms with Gasteiger partial charge >= 0.3 is 0 Å². The maximum atomic E-state index is 11.9. The molecule has 1 fully saturated rings. The first-order chi connectivity index (χ1) is 8.75. The molecule has 1 aliphatic rings. The molecule has 2 unspecified atom stereocenters. The fourth-order valence-electron chi connectivity index (χ4n) is 1.87. The fourth-order valence-corrected chi connectivity index (χ4v) is 1.87. The van der Waals surface area contributed by atoms with E-state index in [-0.39, 0.29) is 11.8 Å². The molecule has 0 radical (unpaired) electrons. The third-order valence-electron chi connectivity index (χ3n) is 2.76. The van der Waals surface area contributed by atoms with Crippen LogP contribution in [0.25, 0.3) is 0 Å². The van der Waals surface area contributed by atoms with Gasteiger partial charge in [0.25, 0.3) is 0 Å². The predicted molar refractivity (Wildman–Crippen MR) is 58.9 cm³/mol. The lowest BCUT2D eigenvalue weighted by Gasteiger charge is -2.28. The van der Waals surface area contributed by atoms with Crippen LogP contribution in [0.4, 0.5) is 0 Å². The highest BCUT2D eigenvalue weighted by molar-refractivity contribution is 5.97. The van der Waals surface area contributed by atoms with E-state index in [1.807, 2.05) is 0 Å². The summed E-state index contributed by atoms with van der Waals surface area (Å²) in [5.41, 5.74) is 1.09. The molecule has 8 nitrogen and oxygen atoms in total. The minimum Gasteiger partial charge on any atom is -0.346 e. The Morgan fingerprint density at radius 2 is 1.28 bits per heavy atom. The second-order valence-corrected chi connectivity index (χ2v) is 3.90. The first-order valence-electron chi connectivity index (χ1n) is 5.33. The van der Waals surface area contributed by atoms with Crippen molar-refractivity contribution >= 4 is 11.8 Å². The molecular formula is C10H10N6O2.